The first-order valence-electron chi connectivity index (χ1n) is 5.95. The van der Waals surface area contributed by atoms with E-state index in [-0.39, 0.29) is 12.0 Å². The number of ether oxygens (including phenoxy) is 1. The van der Waals surface area contributed by atoms with Gasteiger partial charge in [0.1, 0.15) is 11.6 Å². The van der Waals surface area contributed by atoms with Gasteiger partial charge in [-0.15, -0.1) is 0 Å². The zero-order valence-electron chi connectivity index (χ0n) is 10.7. The molecule has 1 saturated heterocycles. The molecule has 7 heteroatoms. The van der Waals surface area contributed by atoms with E-state index in [0.717, 1.165) is 17.7 Å². The van der Waals surface area contributed by atoms with Crippen molar-refractivity contribution < 1.29 is 14.3 Å². The van der Waals surface area contributed by atoms with Crippen LogP contribution in [0.2, 0.25) is 0 Å². The molecule has 2 rings (SSSR count). The number of imide groups is 1. The third-order valence-electron chi connectivity index (χ3n) is 2.98. The summed E-state index contributed by atoms with van der Waals surface area (Å²) in [5, 5.41) is 3.46. The van der Waals surface area contributed by atoms with Crippen LogP contribution in [0.5, 0.6) is 0 Å². The van der Waals surface area contributed by atoms with Crippen LogP contribution >= 0.6 is 0 Å². The summed E-state index contributed by atoms with van der Waals surface area (Å²) in [6, 6.07) is -1.06. The molecule has 7 nitrogen and oxygen atoms in total. The summed E-state index contributed by atoms with van der Waals surface area (Å²) in [6.45, 7) is 5.23. The summed E-state index contributed by atoms with van der Waals surface area (Å²) >= 11 is 0. The summed E-state index contributed by atoms with van der Waals surface area (Å²) in [5.41, 5.74) is 7.78. The molecule has 0 bridgehead atoms. The number of rotatable bonds is 2. The van der Waals surface area contributed by atoms with E-state index in [2.05, 4.69) is 10.0 Å². The molecule has 1 aliphatic heterocycles. The second kappa shape index (κ2) is 4.17. The number of nitrogens with zero attached hydrogens (tertiary/aromatic N) is 4. The van der Waals surface area contributed by atoms with E-state index in [0.29, 0.717) is 0 Å². The average molecular weight is 252 g/mol. The Morgan fingerprint density at radius 2 is 2.11 bits per heavy atom. The Labute approximate surface area is 105 Å². The van der Waals surface area contributed by atoms with Crippen molar-refractivity contribution in [2.45, 2.75) is 51.3 Å². The van der Waals surface area contributed by atoms with Crippen molar-refractivity contribution in [1.82, 2.24) is 4.90 Å². The van der Waals surface area contributed by atoms with Gasteiger partial charge in [-0.3, -0.25) is 4.79 Å². The molecule has 0 aromatic rings. The highest BCUT2D eigenvalue weighted by molar-refractivity contribution is 6.02. The maximum absolute atomic E-state index is 11.9. The molecule has 1 aliphatic carbocycles. The van der Waals surface area contributed by atoms with E-state index in [4.69, 9.17) is 10.3 Å². The number of hydrogen-bond donors (Lipinski definition) is 0. The van der Waals surface area contributed by atoms with Crippen LogP contribution < -0.4 is 0 Å². The zero-order chi connectivity index (χ0) is 13.5. The quantitative estimate of drug-likeness (QED) is 0.326. The number of β-lactam (4-membered cyclic amide) rings is 1. The van der Waals surface area contributed by atoms with Crippen LogP contribution in [0.3, 0.4) is 0 Å². The van der Waals surface area contributed by atoms with Gasteiger partial charge in [-0.05, 0) is 45.1 Å². The van der Waals surface area contributed by atoms with Crippen LogP contribution in [-0.4, -0.2) is 34.6 Å². The molecule has 1 heterocycles. The van der Waals surface area contributed by atoms with Crippen molar-refractivity contribution in [3.63, 3.8) is 0 Å². The summed E-state index contributed by atoms with van der Waals surface area (Å²) in [5.74, 6) is -0.204. The monoisotopic (exact) mass is 252 g/mol. The molecule has 1 saturated carbocycles. The number of likely N-dealkylation sites (tertiary alicyclic amines) is 1. The largest absolute Gasteiger partial charge is 0.443 e. The van der Waals surface area contributed by atoms with Gasteiger partial charge in [-0.2, -0.15) is 0 Å². The van der Waals surface area contributed by atoms with Crippen LogP contribution in [0.1, 0.15) is 33.6 Å². The van der Waals surface area contributed by atoms with Gasteiger partial charge in [0, 0.05) is 4.91 Å². The van der Waals surface area contributed by atoms with Crippen molar-refractivity contribution in [2.75, 3.05) is 0 Å². The minimum Gasteiger partial charge on any atom is -0.443 e. The highest BCUT2D eigenvalue weighted by atomic mass is 16.6. The Bertz CT molecular complexity index is 432. The molecule has 2 amide bonds. The van der Waals surface area contributed by atoms with Crippen molar-refractivity contribution >= 4 is 12.0 Å². The highest BCUT2D eigenvalue weighted by Crippen LogP contribution is 2.43. The zero-order valence-corrected chi connectivity index (χ0v) is 10.7. The SMILES string of the molecule is CC(C)(C)OC(=O)N1C(=O)[C@H](N=[N+]=[N-])[C@H]1C1CC1. The lowest BCUT2D eigenvalue weighted by Gasteiger charge is -2.43. The van der Waals surface area contributed by atoms with Crippen LogP contribution in [0, 0.1) is 5.92 Å². The molecule has 98 valence electrons. The number of carbonyl (C=O) groups excluding carboxylic acids is 2. The molecule has 2 atom stereocenters. The third kappa shape index (κ3) is 2.26. The molecule has 0 radical (unpaired) electrons. The smallest absolute Gasteiger partial charge is 0.417 e. The molecule has 0 unspecified atom stereocenters. The van der Waals surface area contributed by atoms with E-state index in [1.165, 1.54) is 0 Å². The second-order valence-corrected chi connectivity index (χ2v) is 5.67. The molecule has 2 aliphatic rings. The fraction of sp³-hybridized carbons (Fsp3) is 0.818. The van der Waals surface area contributed by atoms with Gasteiger partial charge in [0.15, 0.2) is 0 Å². The number of azide groups is 1. The van der Waals surface area contributed by atoms with E-state index < -0.39 is 23.6 Å². The summed E-state index contributed by atoms with van der Waals surface area (Å²) in [6.07, 6.45) is 1.26. The number of hydrogen-bond acceptors (Lipinski definition) is 4. The minimum absolute atomic E-state index is 0.255. The lowest BCUT2D eigenvalue weighted by Crippen LogP contribution is -2.67. The molecule has 2 fully saturated rings. The maximum Gasteiger partial charge on any atom is 0.417 e. The van der Waals surface area contributed by atoms with Gasteiger partial charge in [0.25, 0.3) is 0 Å². The Kier molecular flexibility index (Phi) is 2.94. The van der Waals surface area contributed by atoms with Gasteiger partial charge in [-0.25, -0.2) is 9.69 Å². The van der Waals surface area contributed by atoms with Crippen LogP contribution in [0.25, 0.3) is 10.4 Å². The van der Waals surface area contributed by atoms with E-state index in [9.17, 15) is 9.59 Å². The molecular weight excluding hydrogens is 236 g/mol. The maximum atomic E-state index is 11.9. The molecular formula is C11H16N4O3. The Hall–Kier alpha value is -1.75. The summed E-state index contributed by atoms with van der Waals surface area (Å²) < 4.78 is 5.18. The number of amides is 2. The fourth-order valence-electron chi connectivity index (χ4n) is 2.10. The first kappa shape index (κ1) is 12.7. The normalized spacial score (nSPS) is 27.3. The lowest BCUT2D eigenvalue weighted by atomic mass is 9.92. The Morgan fingerprint density at radius 1 is 1.50 bits per heavy atom. The molecule has 0 aromatic carbocycles. The topological polar surface area (TPSA) is 95.4 Å². The molecule has 0 aromatic heterocycles. The minimum atomic E-state index is -0.741. The van der Waals surface area contributed by atoms with Crippen LogP contribution in [0.15, 0.2) is 5.11 Å². The van der Waals surface area contributed by atoms with E-state index in [1.54, 1.807) is 20.8 Å². The van der Waals surface area contributed by atoms with Crippen molar-refractivity contribution in [3.05, 3.63) is 10.4 Å². The predicted molar refractivity (Wildman–Crippen MR) is 62.5 cm³/mol. The predicted octanol–water partition coefficient (Wildman–Crippen LogP) is 2.22. The Balaban J connectivity index is 2.10. The van der Waals surface area contributed by atoms with E-state index >= 15 is 0 Å². The third-order valence-corrected chi connectivity index (χ3v) is 2.98. The van der Waals surface area contributed by atoms with E-state index in [1.807, 2.05) is 0 Å². The van der Waals surface area contributed by atoms with Crippen molar-refractivity contribution in [3.8, 4) is 0 Å². The van der Waals surface area contributed by atoms with Crippen molar-refractivity contribution in [2.24, 2.45) is 11.0 Å². The standard InChI is InChI=1S/C11H16N4O3/c1-11(2,3)18-10(17)15-8(6-4-5-6)7(9(15)16)13-14-12/h6-8H,4-5H2,1-3H3/t7-,8-/m1/s1. The Morgan fingerprint density at radius 3 is 2.56 bits per heavy atom. The number of carbonyl (C=O) groups is 2. The van der Waals surface area contributed by atoms with Gasteiger partial charge in [-0.1, -0.05) is 5.11 Å². The first-order valence-corrected chi connectivity index (χ1v) is 5.95. The molecule has 0 N–H and O–H groups in total. The van der Waals surface area contributed by atoms with Crippen molar-refractivity contribution in [1.29, 1.82) is 0 Å². The highest BCUT2D eigenvalue weighted by Gasteiger charge is 2.57. The first-order chi connectivity index (χ1) is 8.35. The fourth-order valence-corrected chi connectivity index (χ4v) is 2.10. The summed E-state index contributed by atoms with van der Waals surface area (Å²) in [4.78, 5) is 27.4. The lowest BCUT2D eigenvalue weighted by molar-refractivity contribution is -0.148. The van der Waals surface area contributed by atoms with Gasteiger partial charge >= 0.3 is 6.09 Å². The molecule has 18 heavy (non-hydrogen) atoms. The van der Waals surface area contributed by atoms with Gasteiger partial charge in [0.05, 0.1) is 6.04 Å². The second-order valence-electron chi connectivity index (χ2n) is 5.67. The summed E-state index contributed by atoms with van der Waals surface area (Å²) in [7, 11) is 0. The molecule has 0 spiro atoms. The van der Waals surface area contributed by atoms with Crippen LogP contribution in [0.4, 0.5) is 4.79 Å². The van der Waals surface area contributed by atoms with Crippen LogP contribution in [-0.2, 0) is 9.53 Å². The van der Waals surface area contributed by atoms with Gasteiger partial charge < -0.3 is 4.74 Å². The average Bonchev–Trinajstić information content (AvgIpc) is 3.02. The van der Waals surface area contributed by atoms with Gasteiger partial charge in [0.2, 0.25) is 5.91 Å².